The lowest BCUT2D eigenvalue weighted by molar-refractivity contribution is 0.360. The van der Waals surface area contributed by atoms with Gasteiger partial charge in [0.1, 0.15) is 8.07 Å². The van der Waals surface area contributed by atoms with Gasteiger partial charge in [-0.05, 0) is 9.88 Å². The fourth-order valence-electron chi connectivity index (χ4n) is 0.742. The van der Waals surface area contributed by atoms with Crippen LogP contribution < -0.4 is 4.50 Å². The molecule has 0 atom stereocenters. The summed E-state index contributed by atoms with van der Waals surface area (Å²) in [6.45, 7) is 4.36. The Hall–Kier alpha value is -0.123. The Morgan fingerprint density at radius 2 is 2.30 bits per heavy atom. The quantitative estimate of drug-likeness (QED) is 0.665. The van der Waals surface area contributed by atoms with E-state index in [2.05, 4.69) is 24.5 Å². The van der Waals surface area contributed by atoms with E-state index in [0.717, 1.165) is 0 Å². The maximum Gasteiger partial charge on any atom is 0.121 e. The second kappa shape index (κ2) is 2.86. The zero-order valence-electron chi connectivity index (χ0n) is 6.29. The minimum atomic E-state index is -1.43. The molecular formula is C7H12OSSi. The van der Waals surface area contributed by atoms with Crippen molar-refractivity contribution in [3.05, 3.63) is 17.5 Å². The normalized spacial score (nSPS) is 11.9. The highest BCUT2D eigenvalue weighted by molar-refractivity contribution is 7.25. The lowest BCUT2D eigenvalue weighted by Gasteiger charge is -2.15. The van der Waals surface area contributed by atoms with Gasteiger partial charge in [0.25, 0.3) is 0 Å². The molecule has 0 aliphatic rings. The van der Waals surface area contributed by atoms with Gasteiger partial charge in [-0.25, -0.2) is 0 Å². The van der Waals surface area contributed by atoms with E-state index in [-0.39, 0.29) is 0 Å². The standard InChI is InChI=1S/C7H12OSSi/c1-10(2,6-8)7-4-3-5-9-7/h3-5,8H,6H2,1-2H3. The van der Waals surface area contributed by atoms with Crippen LogP contribution in [0.25, 0.3) is 0 Å². The summed E-state index contributed by atoms with van der Waals surface area (Å²) in [6, 6.07) is 4.16. The van der Waals surface area contributed by atoms with Crippen LogP contribution in [0, 0.1) is 0 Å². The lowest BCUT2D eigenvalue weighted by atomic mass is 10.7. The summed E-state index contributed by atoms with van der Waals surface area (Å²) in [5.41, 5.74) is 0. The van der Waals surface area contributed by atoms with Gasteiger partial charge in [-0.15, -0.1) is 0 Å². The van der Waals surface area contributed by atoms with Gasteiger partial charge in [-0.2, -0.15) is 11.3 Å². The minimum Gasteiger partial charge on any atom is -0.399 e. The molecule has 0 bridgehead atoms. The number of aliphatic hydroxyl groups excluding tert-OH is 1. The van der Waals surface area contributed by atoms with Gasteiger partial charge in [0.05, 0.1) is 0 Å². The molecule has 0 aromatic carbocycles. The Kier molecular flexibility index (Phi) is 2.28. The summed E-state index contributed by atoms with van der Waals surface area (Å²) >= 11 is 1.76. The molecule has 0 saturated carbocycles. The first-order valence-electron chi connectivity index (χ1n) is 3.31. The predicted molar refractivity (Wildman–Crippen MR) is 48.5 cm³/mol. The van der Waals surface area contributed by atoms with Crippen LogP contribution in [0.2, 0.25) is 13.1 Å². The maximum absolute atomic E-state index is 9.03. The van der Waals surface area contributed by atoms with Crippen molar-refractivity contribution in [2.24, 2.45) is 0 Å². The average molecular weight is 172 g/mol. The molecule has 0 fully saturated rings. The highest BCUT2D eigenvalue weighted by atomic mass is 32.1. The molecule has 0 aliphatic carbocycles. The molecule has 1 aromatic rings. The molecule has 1 heterocycles. The van der Waals surface area contributed by atoms with E-state index >= 15 is 0 Å². The van der Waals surface area contributed by atoms with E-state index in [4.69, 9.17) is 5.11 Å². The molecular weight excluding hydrogens is 160 g/mol. The molecule has 56 valence electrons. The third-order valence-corrected chi connectivity index (χ3v) is 6.57. The van der Waals surface area contributed by atoms with Crippen molar-refractivity contribution in [2.75, 3.05) is 6.23 Å². The van der Waals surface area contributed by atoms with Crippen molar-refractivity contribution < 1.29 is 5.11 Å². The lowest BCUT2D eigenvalue weighted by Crippen LogP contribution is -2.43. The Morgan fingerprint density at radius 1 is 1.60 bits per heavy atom. The zero-order chi connectivity index (χ0) is 7.61. The van der Waals surface area contributed by atoms with Crippen molar-refractivity contribution in [1.29, 1.82) is 0 Å². The molecule has 1 rings (SSSR count). The molecule has 0 saturated heterocycles. The Bertz CT molecular complexity index is 193. The molecule has 0 unspecified atom stereocenters. The fourth-order valence-corrected chi connectivity index (χ4v) is 3.58. The summed E-state index contributed by atoms with van der Waals surface area (Å²) in [4.78, 5) is 0. The van der Waals surface area contributed by atoms with Crippen LogP contribution in [0.1, 0.15) is 0 Å². The predicted octanol–water partition coefficient (Wildman–Crippen LogP) is 1.20. The van der Waals surface area contributed by atoms with E-state index in [1.807, 2.05) is 6.07 Å². The topological polar surface area (TPSA) is 20.2 Å². The number of hydrogen-bond acceptors (Lipinski definition) is 2. The third kappa shape index (κ3) is 1.48. The van der Waals surface area contributed by atoms with Crippen molar-refractivity contribution >= 4 is 23.9 Å². The summed E-state index contributed by atoms with van der Waals surface area (Å²) in [6.07, 6.45) is 0.355. The summed E-state index contributed by atoms with van der Waals surface area (Å²) in [5, 5.41) is 11.1. The van der Waals surface area contributed by atoms with Crippen molar-refractivity contribution in [1.82, 2.24) is 0 Å². The van der Waals surface area contributed by atoms with Crippen LogP contribution in [0.5, 0.6) is 0 Å². The van der Waals surface area contributed by atoms with Gasteiger partial charge in [-0.3, -0.25) is 0 Å². The van der Waals surface area contributed by atoms with Crippen LogP contribution in [0.15, 0.2) is 17.5 Å². The molecule has 0 radical (unpaired) electrons. The van der Waals surface area contributed by atoms with Crippen LogP contribution in [-0.2, 0) is 0 Å². The van der Waals surface area contributed by atoms with Crippen LogP contribution >= 0.6 is 11.3 Å². The number of rotatable bonds is 2. The van der Waals surface area contributed by atoms with Crippen LogP contribution in [-0.4, -0.2) is 19.4 Å². The summed E-state index contributed by atoms with van der Waals surface area (Å²) < 4.78 is 1.38. The molecule has 0 spiro atoms. The molecule has 0 aliphatic heterocycles. The molecule has 0 amide bonds. The highest BCUT2D eigenvalue weighted by Crippen LogP contribution is 2.06. The first kappa shape index (κ1) is 7.98. The second-order valence-electron chi connectivity index (χ2n) is 3.02. The first-order valence-corrected chi connectivity index (χ1v) is 7.40. The fraction of sp³-hybridized carbons (Fsp3) is 0.429. The Balaban J connectivity index is 2.85. The number of aliphatic hydroxyl groups is 1. The van der Waals surface area contributed by atoms with Crippen LogP contribution in [0.3, 0.4) is 0 Å². The van der Waals surface area contributed by atoms with Crippen molar-refractivity contribution in [3.63, 3.8) is 0 Å². The molecule has 10 heavy (non-hydrogen) atoms. The summed E-state index contributed by atoms with van der Waals surface area (Å²) in [5.74, 6) is 0. The highest BCUT2D eigenvalue weighted by Gasteiger charge is 2.22. The molecule has 1 nitrogen and oxygen atoms in total. The SMILES string of the molecule is C[Si](C)(CO)c1cccs1. The van der Waals surface area contributed by atoms with E-state index < -0.39 is 8.07 Å². The van der Waals surface area contributed by atoms with Gasteiger partial charge >= 0.3 is 0 Å². The van der Waals surface area contributed by atoms with Gasteiger partial charge in [-0.1, -0.05) is 25.2 Å². The molecule has 1 N–H and O–H groups in total. The monoisotopic (exact) mass is 172 g/mol. The van der Waals surface area contributed by atoms with Gasteiger partial charge in [0.2, 0.25) is 0 Å². The third-order valence-electron chi connectivity index (χ3n) is 1.58. The van der Waals surface area contributed by atoms with Crippen LogP contribution in [0.4, 0.5) is 0 Å². The summed E-state index contributed by atoms with van der Waals surface area (Å²) in [7, 11) is -1.43. The van der Waals surface area contributed by atoms with Gasteiger partial charge in [0.15, 0.2) is 0 Å². The maximum atomic E-state index is 9.03. The first-order chi connectivity index (χ1) is 4.67. The Labute approximate surface area is 66.3 Å². The number of thiophene rings is 1. The van der Waals surface area contributed by atoms with E-state index in [9.17, 15) is 0 Å². The molecule has 1 aromatic heterocycles. The van der Waals surface area contributed by atoms with E-state index in [1.165, 1.54) is 4.50 Å². The smallest absolute Gasteiger partial charge is 0.121 e. The largest absolute Gasteiger partial charge is 0.399 e. The minimum absolute atomic E-state index is 0.355. The average Bonchev–Trinajstić information content (AvgIpc) is 2.38. The van der Waals surface area contributed by atoms with E-state index in [1.54, 1.807) is 11.3 Å². The van der Waals surface area contributed by atoms with Crippen molar-refractivity contribution in [2.45, 2.75) is 13.1 Å². The number of hydrogen-bond donors (Lipinski definition) is 1. The Morgan fingerprint density at radius 3 is 2.70 bits per heavy atom. The van der Waals surface area contributed by atoms with Gasteiger partial charge < -0.3 is 5.11 Å². The van der Waals surface area contributed by atoms with Crippen molar-refractivity contribution in [3.8, 4) is 0 Å². The molecule has 3 heteroatoms. The second-order valence-corrected chi connectivity index (χ2v) is 8.95. The van der Waals surface area contributed by atoms with Gasteiger partial charge in [0, 0.05) is 6.23 Å². The van der Waals surface area contributed by atoms with E-state index in [0.29, 0.717) is 6.23 Å². The zero-order valence-corrected chi connectivity index (χ0v) is 8.11.